The Balaban J connectivity index is 2.52. The molecule has 22 heavy (non-hydrogen) atoms. The molecule has 2 N–H and O–H groups in total. The fourth-order valence-electron chi connectivity index (χ4n) is 1.42. The van der Waals surface area contributed by atoms with Crippen LogP contribution in [0.4, 0.5) is 10.5 Å². The maximum Gasteiger partial charge on any atom is 0.338 e. The number of rotatable bonds is 5. The fourth-order valence-corrected chi connectivity index (χ4v) is 1.42. The zero-order chi connectivity index (χ0) is 16.7. The Labute approximate surface area is 125 Å². The minimum Gasteiger partial charge on any atom is -0.452 e. The number of ether oxygens (including phenoxy) is 1. The summed E-state index contributed by atoms with van der Waals surface area (Å²) in [6.45, 7) is 2.76. The van der Waals surface area contributed by atoms with Gasteiger partial charge in [-0.1, -0.05) is 6.07 Å². The van der Waals surface area contributed by atoms with Gasteiger partial charge < -0.3 is 10.1 Å². The number of urea groups is 1. The summed E-state index contributed by atoms with van der Waals surface area (Å²) in [5.74, 6) is -1.71. The molecule has 0 aliphatic carbocycles. The number of amides is 3. The van der Waals surface area contributed by atoms with Crippen LogP contribution in [0.25, 0.3) is 0 Å². The third-order valence-corrected chi connectivity index (χ3v) is 2.30. The van der Waals surface area contributed by atoms with E-state index in [-0.39, 0.29) is 17.3 Å². The van der Waals surface area contributed by atoms with Crippen molar-refractivity contribution >= 4 is 23.6 Å². The van der Waals surface area contributed by atoms with Crippen LogP contribution in [0.3, 0.4) is 0 Å². The topological polar surface area (TPSA) is 128 Å². The summed E-state index contributed by atoms with van der Waals surface area (Å²) in [6, 6.07) is 4.04. The third-order valence-electron chi connectivity index (χ3n) is 2.30. The number of esters is 1. The molecule has 118 valence electrons. The predicted octanol–water partition coefficient (Wildman–Crippen LogP) is 0.986. The van der Waals surface area contributed by atoms with Gasteiger partial charge in [0, 0.05) is 18.2 Å². The molecule has 0 aliphatic rings. The van der Waals surface area contributed by atoms with E-state index in [1.165, 1.54) is 18.2 Å². The standard InChI is InChI=1S/C13H15N3O6/c1-8(2)14-13(19)15-11(17)7-22-12(18)9-4-3-5-10(6-9)16(20)21/h3-6,8H,7H2,1-2H3,(H2,14,15,17,19). The number of imide groups is 1. The molecule has 1 rings (SSSR count). The summed E-state index contributed by atoms with van der Waals surface area (Å²) in [7, 11) is 0. The first-order valence-electron chi connectivity index (χ1n) is 6.31. The molecule has 1 aromatic carbocycles. The Hall–Kier alpha value is -2.97. The van der Waals surface area contributed by atoms with Crippen molar-refractivity contribution in [3.05, 3.63) is 39.9 Å². The molecule has 1 aromatic rings. The van der Waals surface area contributed by atoms with Gasteiger partial charge in [-0.05, 0) is 19.9 Å². The highest BCUT2D eigenvalue weighted by molar-refractivity contribution is 5.97. The van der Waals surface area contributed by atoms with Gasteiger partial charge in [-0.3, -0.25) is 20.2 Å². The van der Waals surface area contributed by atoms with Gasteiger partial charge in [0.15, 0.2) is 6.61 Å². The van der Waals surface area contributed by atoms with Crippen molar-refractivity contribution in [1.29, 1.82) is 0 Å². The average Bonchev–Trinajstić information content (AvgIpc) is 2.43. The molecule has 0 bridgehead atoms. The van der Waals surface area contributed by atoms with Gasteiger partial charge in [0.2, 0.25) is 0 Å². The smallest absolute Gasteiger partial charge is 0.338 e. The van der Waals surface area contributed by atoms with E-state index in [0.29, 0.717) is 0 Å². The lowest BCUT2D eigenvalue weighted by atomic mass is 10.2. The van der Waals surface area contributed by atoms with Crippen molar-refractivity contribution in [1.82, 2.24) is 10.6 Å². The van der Waals surface area contributed by atoms with Crippen LogP contribution < -0.4 is 10.6 Å². The molecule has 9 nitrogen and oxygen atoms in total. The quantitative estimate of drug-likeness (QED) is 0.474. The molecule has 0 atom stereocenters. The molecular weight excluding hydrogens is 294 g/mol. The highest BCUT2D eigenvalue weighted by Crippen LogP contribution is 2.13. The number of nitrogens with zero attached hydrogens (tertiary/aromatic N) is 1. The lowest BCUT2D eigenvalue weighted by Gasteiger charge is -2.09. The number of non-ortho nitro benzene ring substituents is 1. The SMILES string of the molecule is CC(C)NC(=O)NC(=O)COC(=O)c1cccc([N+](=O)[O-])c1. The van der Waals surface area contributed by atoms with Crippen LogP contribution >= 0.6 is 0 Å². The molecular formula is C13H15N3O6. The van der Waals surface area contributed by atoms with Crippen LogP contribution in [0, 0.1) is 10.1 Å². The number of hydrogen-bond donors (Lipinski definition) is 2. The molecule has 0 unspecified atom stereocenters. The van der Waals surface area contributed by atoms with Gasteiger partial charge in [0.25, 0.3) is 11.6 Å². The maximum atomic E-state index is 11.7. The number of nitro groups is 1. The van der Waals surface area contributed by atoms with E-state index in [9.17, 15) is 24.5 Å². The molecule has 0 aliphatic heterocycles. The molecule has 3 amide bonds. The zero-order valence-electron chi connectivity index (χ0n) is 12.0. The number of benzene rings is 1. The molecule has 0 spiro atoms. The van der Waals surface area contributed by atoms with Gasteiger partial charge in [-0.2, -0.15) is 0 Å². The summed E-state index contributed by atoms with van der Waals surface area (Å²) < 4.78 is 4.68. The van der Waals surface area contributed by atoms with E-state index in [0.717, 1.165) is 6.07 Å². The normalized spacial score (nSPS) is 9.95. The number of carbonyl (C=O) groups is 3. The second-order valence-electron chi connectivity index (χ2n) is 4.56. The highest BCUT2D eigenvalue weighted by Gasteiger charge is 2.15. The monoisotopic (exact) mass is 309 g/mol. The Bertz CT molecular complexity index is 599. The van der Waals surface area contributed by atoms with E-state index in [1.807, 2.05) is 5.32 Å². The Morgan fingerprint density at radius 1 is 1.32 bits per heavy atom. The van der Waals surface area contributed by atoms with Crippen LogP contribution in [-0.4, -0.2) is 35.5 Å². The van der Waals surface area contributed by atoms with Crippen LogP contribution in [0.1, 0.15) is 24.2 Å². The van der Waals surface area contributed by atoms with Gasteiger partial charge in [-0.25, -0.2) is 9.59 Å². The van der Waals surface area contributed by atoms with Crippen LogP contribution in [0.2, 0.25) is 0 Å². The van der Waals surface area contributed by atoms with Crippen molar-refractivity contribution in [3.8, 4) is 0 Å². The lowest BCUT2D eigenvalue weighted by Crippen LogP contribution is -2.44. The minimum atomic E-state index is -0.900. The van der Waals surface area contributed by atoms with Crippen LogP contribution in [0.15, 0.2) is 24.3 Å². The van der Waals surface area contributed by atoms with Gasteiger partial charge >= 0.3 is 12.0 Å². The summed E-state index contributed by atoms with van der Waals surface area (Å²) >= 11 is 0. The van der Waals surface area contributed by atoms with E-state index >= 15 is 0 Å². The molecule has 0 heterocycles. The predicted molar refractivity (Wildman–Crippen MR) is 75.2 cm³/mol. The Morgan fingerprint density at radius 3 is 2.59 bits per heavy atom. The molecule has 0 aromatic heterocycles. The fraction of sp³-hybridized carbons (Fsp3) is 0.308. The van der Waals surface area contributed by atoms with Gasteiger partial charge in [0.05, 0.1) is 10.5 Å². The van der Waals surface area contributed by atoms with E-state index < -0.39 is 29.4 Å². The van der Waals surface area contributed by atoms with Crippen molar-refractivity contribution < 1.29 is 24.0 Å². The number of nitrogens with one attached hydrogen (secondary N) is 2. The first kappa shape index (κ1) is 17.1. The summed E-state index contributed by atoms with van der Waals surface area (Å²) in [5, 5.41) is 15.0. The number of nitro benzene ring substituents is 1. The summed E-state index contributed by atoms with van der Waals surface area (Å²) in [6.07, 6.45) is 0. The summed E-state index contributed by atoms with van der Waals surface area (Å²) in [4.78, 5) is 44.2. The lowest BCUT2D eigenvalue weighted by molar-refractivity contribution is -0.384. The number of carbonyl (C=O) groups excluding carboxylic acids is 3. The van der Waals surface area contributed by atoms with Crippen molar-refractivity contribution in [2.45, 2.75) is 19.9 Å². The van der Waals surface area contributed by atoms with Crippen molar-refractivity contribution in [2.24, 2.45) is 0 Å². The molecule has 0 saturated carbocycles. The van der Waals surface area contributed by atoms with Gasteiger partial charge in [-0.15, -0.1) is 0 Å². The Morgan fingerprint density at radius 2 is 2.00 bits per heavy atom. The second-order valence-corrected chi connectivity index (χ2v) is 4.56. The molecule has 9 heteroatoms. The minimum absolute atomic E-state index is 0.0615. The van der Waals surface area contributed by atoms with Crippen LogP contribution in [-0.2, 0) is 9.53 Å². The van der Waals surface area contributed by atoms with Crippen LogP contribution in [0.5, 0.6) is 0 Å². The third kappa shape index (κ3) is 5.57. The highest BCUT2D eigenvalue weighted by atomic mass is 16.6. The Kier molecular flexibility index (Phi) is 5.99. The van der Waals surface area contributed by atoms with E-state index in [4.69, 9.17) is 0 Å². The van der Waals surface area contributed by atoms with Crippen molar-refractivity contribution in [2.75, 3.05) is 6.61 Å². The van der Waals surface area contributed by atoms with Gasteiger partial charge in [0.1, 0.15) is 0 Å². The molecule has 0 radical (unpaired) electrons. The average molecular weight is 309 g/mol. The first-order chi connectivity index (χ1) is 10.3. The second kappa shape index (κ2) is 7.72. The largest absolute Gasteiger partial charge is 0.452 e. The first-order valence-corrected chi connectivity index (χ1v) is 6.31. The number of hydrogen-bond acceptors (Lipinski definition) is 6. The zero-order valence-corrected chi connectivity index (χ0v) is 12.0. The van der Waals surface area contributed by atoms with E-state index in [1.54, 1.807) is 13.8 Å². The molecule has 0 saturated heterocycles. The summed E-state index contributed by atoms with van der Waals surface area (Å²) in [5.41, 5.74) is -0.330. The van der Waals surface area contributed by atoms with Crippen molar-refractivity contribution in [3.63, 3.8) is 0 Å². The molecule has 0 fully saturated rings. The maximum absolute atomic E-state index is 11.7. The van der Waals surface area contributed by atoms with E-state index in [2.05, 4.69) is 10.1 Å².